The SMILES string of the molecule is CC(NC(=O)CN1CCN(c2ccccn2)CC1)c1cccc(OCc2ccccn2)c1. The summed E-state index contributed by atoms with van der Waals surface area (Å²) in [6.07, 6.45) is 3.57. The summed E-state index contributed by atoms with van der Waals surface area (Å²) in [5.41, 5.74) is 1.89. The van der Waals surface area contributed by atoms with Gasteiger partial charge in [-0.05, 0) is 48.9 Å². The highest BCUT2D eigenvalue weighted by molar-refractivity contribution is 5.78. The number of benzene rings is 1. The van der Waals surface area contributed by atoms with Gasteiger partial charge in [0.25, 0.3) is 0 Å². The van der Waals surface area contributed by atoms with E-state index in [1.807, 2.05) is 73.8 Å². The molecule has 1 amide bonds. The van der Waals surface area contributed by atoms with Crippen LogP contribution in [0.2, 0.25) is 0 Å². The third-order valence-corrected chi connectivity index (χ3v) is 5.56. The third-order valence-electron chi connectivity index (χ3n) is 5.56. The summed E-state index contributed by atoms with van der Waals surface area (Å²) >= 11 is 0. The predicted octanol–water partition coefficient (Wildman–Crippen LogP) is 3.06. The summed E-state index contributed by atoms with van der Waals surface area (Å²) in [5, 5.41) is 3.11. The molecule has 1 unspecified atom stereocenters. The van der Waals surface area contributed by atoms with Crippen molar-refractivity contribution in [2.45, 2.75) is 19.6 Å². The maximum Gasteiger partial charge on any atom is 0.234 e. The monoisotopic (exact) mass is 431 g/mol. The number of nitrogens with zero attached hydrogens (tertiary/aromatic N) is 4. The minimum atomic E-state index is -0.101. The number of carbonyl (C=O) groups is 1. The maximum atomic E-state index is 12.6. The number of ether oxygens (including phenoxy) is 1. The van der Waals surface area contributed by atoms with Crippen LogP contribution in [0, 0.1) is 0 Å². The van der Waals surface area contributed by atoms with Crippen molar-refractivity contribution in [3.63, 3.8) is 0 Å². The van der Waals surface area contributed by atoms with Gasteiger partial charge in [0.05, 0.1) is 18.3 Å². The number of hydrogen-bond donors (Lipinski definition) is 1. The number of nitrogens with one attached hydrogen (secondary N) is 1. The zero-order chi connectivity index (χ0) is 22.2. The van der Waals surface area contributed by atoms with E-state index in [-0.39, 0.29) is 11.9 Å². The van der Waals surface area contributed by atoms with Crippen LogP contribution in [0.15, 0.2) is 73.1 Å². The van der Waals surface area contributed by atoms with E-state index < -0.39 is 0 Å². The molecule has 1 aliphatic heterocycles. The first-order chi connectivity index (χ1) is 15.7. The topological polar surface area (TPSA) is 70.6 Å². The number of aromatic nitrogens is 2. The van der Waals surface area contributed by atoms with E-state index >= 15 is 0 Å². The predicted molar refractivity (Wildman–Crippen MR) is 124 cm³/mol. The summed E-state index contributed by atoms with van der Waals surface area (Å²) in [7, 11) is 0. The van der Waals surface area contributed by atoms with Crippen LogP contribution < -0.4 is 15.0 Å². The molecular weight excluding hydrogens is 402 g/mol. The minimum Gasteiger partial charge on any atom is -0.487 e. The number of pyridine rings is 2. The second-order valence-electron chi connectivity index (χ2n) is 7.92. The van der Waals surface area contributed by atoms with Gasteiger partial charge in [0, 0.05) is 38.6 Å². The van der Waals surface area contributed by atoms with Gasteiger partial charge in [0.1, 0.15) is 18.2 Å². The lowest BCUT2D eigenvalue weighted by molar-refractivity contribution is -0.123. The molecular formula is C25H29N5O2. The second-order valence-corrected chi connectivity index (χ2v) is 7.92. The van der Waals surface area contributed by atoms with Crippen LogP contribution in [0.3, 0.4) is 0 Å². The number of carbonyl (C=O) groups excluding carboxylic acids is 1. The molecule has 1 aliphatic rings. The number of amides is 1. The maximum absolute atomic E-state index is 12.6. The number of piperazine rings is 1. The molecule has 2 aromatic heterocycles. The Bertz CT molecular complexity index is 991. The molecule has 4 rings (SSSR count). The van der Waals surface area contributed by atoms with E-state index in [4.69, 9.17) is 4.74 Å². The Balaban J connectivity index is 1.24. The molecule has 7 heteroatoms. The van der Waals surface area contributed by atoms with Gasteiger partial charge in [0.2, 0.25) is 5.91 Å². The fourth-order valence-electron chi connectivity index (χ4n) is 3.76. The summed E-state index contributed by atoms with van der Waals surface area (Å²) in [6, 6.07) is 19.5. The standard InChI is InChI=1S/C25H29N5O2/c1-20(21-7-6-9-23(17-21)32-19-22-8-2-4-11-26-22)28-25(31)18-29-13-15-30(16-14-29)24-10-3-5-12-27-24/h2-12,17,20H,13-16,18-19H2,1H3,(H,28,31). The smallest absolute Gasteiger partial charge is 0.234 e. The first-order valence-electron chi connectivity index (χ1n) is 11.0. The van der Waals surface area contributed by atoms with Crippen LogP contribution in [-0.2, 0) is 11.4 Å². The van der Waals surface area contributed by atoms with Crippen LogP contribution in [0.4, 0.5) is 5.82 Å². The zero-order valence-corrected chi connectivity index (χ0v) is 18.4. The van der Waals surface area contributed by atoms with Crippen molar-refractivity contribution in [1.82, 2.24) is 20.2 Å². The largest absolute Gasteiger partial charge is 0.487 e. The Morgan fingerprint density at radius 3 is 2.50 bits per heavy atom. The summed E-state index contributed by atoms with van der Waals surface area (Å²) in [4.78, 5) is 25.8. The lowest BCUT2D eigenvalue weighted by Gasteiger charge is -2.35. The fourth-order valence-corrected chi connectivity index (χ4v) is 3.76. The average molecular weight is 432 g/mol. The number of rotatable bonds is 8. The summed E-state index contributed by atoms with van der Waals surface area (Å²) < 4.78 is 5.86. The molecule has 1 saturated heterocycles. The highest BCUT2D eigenvalue weighted by atomic mass is 16.5. The average Bonchev–Trinajstić information content (AvgIpc) is 2.84. The summed E-state index contributed by atoms with van der Waals surface area (Å²) in [5.74, 6) is 1.79. The highest BCUT2D eigenvalue weighted by Crippen LogP contribution is 2.20. The van der Waals surface area contributed by atoms with Gasteiger partial charge in [-0.25, -0.2) is 4.98 Å². The Kier molecular flexibility index (Phi) is 7.30. The van der Waals surface area contributed by atoms with E-state index in [0.29, 0.717) is 13.2 Å². The molecule has 0 saturated carbocycles. The second kappa shape index (κ2) is 10.7. The Labute approximate surface area is 189 Å². The molecule has 32 heavy (non-hydrogen) atoms. The van der Waals surface area contributed by atoms with E-state index in [0.717, 1.165) is 49.0 Å². The van der Waals surface area contributed by atoms with Crippen molar-refractivity contribution in [1.29, 1.82) is 0 Å². The van der Waals surface area contributed by atoms with Crippen molar-refractivity contribution in [3.05, 3.63) is 84.3 Å². The molecule has 0 spiro atoms. The van der Waals surface area contributed by atoms with Crippen LogP contribution in [0.1, 0.15) is 24.2 Å². The molecule has 3 heterocycles. The van der Waals surface area contributed by atoms with Crippen molar-refractivity contribution >= 4 is 11.7 Å². The molecule has 0 aliphatic carbocycles. The van der Waals surface area contributed by atoms with Gasteiger partial charge in [-0.15, -0.1) is 0 Å². The van der Waals surface area contributed by atoms with Crippen LogP contribution >= 0.6 is 0 Å². The van der Waals surface area contributed by atoms with E-state index in [1.165, 1.54) is 0 Å². The van der Waals surface area contributed by atoms with Crippen molar-refractivity contribution < 1.29 is 9.53 Å². The normalized spacial score (nSPS) is 15.2. The van der Waals surface area contributed by atoms with Gasteiger partial charge in [-0.1, -0.05) is 24.3 Å². The van der Waals surface area contributed by atoms with Crippen LogP contribution in [0.5, 0.6) is 5.75 Å². The van der Waals surface area contributed by atoms with Gasteiger partial charge >= 0.3 is 0 Å². The molecule has 3 aromatic rings. The zero-order valence-electron chi connectivity index (χ0n) is 18.4. The lowest BCUT2D eigenvalue weighted by atomic mass is 10.1. The minimum absolute atomic E-state index is 0.0311. The number of hydrogen-bond acceptors (Lipinski definition) is 6. The van der Waals surface area contributed by atoms with Crippen LogP contribution in [0.25, 0.3) is 0 Å². The van der Waals surface area contributed by atoms with Gasteiger partial charge in [-0.2, -0.15) is 0 Å². The van der Waals surface area contributed by atoms with Crippen LogP contribution in [-0.4, -0.2) is 53.5 Å². The molecule has 1 atom stereocenters. The molecule has 0 radical (unpaired) electrons. The molecule has 1 N–H and O–H groups in total. The van der Waals surface area contributed by atoms with Gasteiger partial charge < -0.3 is 15.0 Å². The molecule has 0 bridgehead atoms. The lowest BCUT2D eigenvalue weighted by Crippen LogP contribution is -2.49. The molecule has 1 fully saturated rings. The molecule has 7 nitrogen and oxygen atoms in total. The van der Waals surface area contributed by atoms with Gasteiger partial charge in [0.15, 0.2) is 0 Å². The van der Waals surface area contributed by atoms with Gasteiger partial charge in [-0.3, -0.25) is 14.7 Å². The first kappa shape index (κ1) is 21.8. The van der Waals surface area contributed by atoms with Crippen molar-refractivity contribution in [2.75, 3.05) is 37.6 Å². The fraction of sp³-hybridized carbons (Fsp3) is 0.320. The van der Waals surface area contributed by atoms with E-state index in [9.17, 15) is 4.79 Å². The molecule has 166 valence electrons. The van der Waals surface area contributed by atoms with E-state index in [2.05, 4.69) is 25.1 Å². The highest BCUT2D eigenvalue weighted by Gasteiger charge is 2.20. The number of anilines is 1. The van der Waals surface area contributed by atoms with Crippen molar-refractivity contribution in [3.8, 4) is 5.75 Å². The summed E-state index contributed by atoms with van der Waals surface area (Å²) in [6.45, 7) is 6.23. The molecule has 1 aromatic carbocycles. The van der Waals surface area contributed by atoms with Crippen molar-refractivity contribution in [2.24, 2.45) is 0 Å². The van der Waals surface area contributed by atoms with E-state index in [1.54, 1.807) is 6.20 Å². The Morgan fingerprint density at radius 2 is 1.78 bits per heavy atom. The third kappa shape index (κ3) is 6.04. The first-order valence-corrected chi connectivity index (χ1v) is 11.0. The quantitative estimate of drug-likeness (QED) is 0.591. The Hall–Kier alpha value is -3.45. The Morgan fingerprint density at radius 1 is 1.00 bits per heavy atom.